The van der Waals surface area contributed by atoms with Crippen LogP contribution in [0.3, 0.4) is 0 Å². The van der Waals surface area contributed by atoms with Crippen LogP contribution in [-0.4, -0.2) is 21.1 Å². The molecule has 0 aliphatic carbocycles. The number of carbonyl (C=O) groups excluding carboxylic acids is 1. The maximum atomic E-state index is 12.4. The van der Waals surface area contributed by atoms with Gasteiger partial charge in [-0.05, 0) is 35.4 Å². The highest BCUT2D eigenvalue weighted by Crippen LogP contribution is 2.21. The third kappa shape index (κ3) is 3.32. The number of aromatic amines is 1. The molecule has 2 heterocycles. The summed E-state index contributed by atoms with van der Waals surface area (Å²) in [5, 5.41) is 12.2. The lowest BCUT2D eigenvalue weighted by Gasteiger charge is -2.06. The molecule has 5 nitrogen and oxygen atoms in total. The van der Waals surface area contributed by atoms with Gasteiger partial charge in [0.1, 0.15) is 0 Å². The average molecular weight is 342 g/mol. The molecular formula is C21H18N4O. The fourth-order valence-corrected chi connectivity index (χ4v) is 2.97. The Labute approximate surface area is 151 Å². The Balaban J connectivity index is 1.49. The van der Waals surface area contributed by atoms with Crippen LogP contribution in [0.25, 0.3) is 22.0 Å². The van der Waals surface area contributed by atoms with Crippen LogP contribution in [0, 0.1) is 6.92 Å². The smallest absolute Gasteiger partial charge is 0.230 e. The lowest BCUT2D eigenvalue weighted by molar-refractivity contribution is -0.115. The molecule has 26 heavy (non-hydrogen) atoms. The molecule has 0 radical (unpaired) electrons. The van der Waals surface area contributed by atoms with Crippen LogP contribution in [0.2, 0.25) is 0 Å². The summed E-state index contributed by atoms with van der Waals surface area (Å²) in [7, 11) is 0. The summed E-state index contributed by atoms with van der Waals surface area (Å²) in [5.41, 5.74) is 3.70. The minimum Gasteiger partial charge on any atom is -0.309 e. The molecule has 0 bridgehead atoms. The molecule has 0 atom stereocenters. The molecule has 0 unspecified atom stereocenters. The fourth-order valence-electron chi connectivity index (χ4n) is 2.97. The third-order valence-corrected chi connectivity index (χ3v) is 4.30. The Kier molecular flexibility index (Phi) is 4.19. The molecule has 0 spiro atoms. The number of aromatic nitrogens is 3. The van der Waals surface area contributed by atoms with E-state index in [2.05, 4.69) is 20.5 Å². The number of benzene rings is 2. The van der Waals surface area contributed by atoms with Crippen molar-refractivity contribution in [3.63, 3.8) is 0 Å². The van der Waals surface area contributed by atoms with Gasteiger partial charge >= 0.3 is 0 Å². The van der Waals surface area contributed by atoms with Crippen LogP contribution in [0.5, 0.6) is 0 Å². The third-order valence-electron chi connectivity index (χ3n) is 4.30. The Hall–Kier alpha value is -3.47. The van der Waals surface area contributed by atoms with Gasteiger partial charge in [0.05, 0.1) is 12.1 Å². The van der Waals surface area contributed by atoms with Crippen molar-refractivity contribution in [2.75, 3.05) is 5.32 Å². The van der Waals surface area contributed by atoms with Gasteiger partial charge in [-0.25, -0.2) is 0 Å². The number of nitrogens with zero attached hydrogens (tertiary/aromatic N) is 2. The minimum absolute atomic E-state index is 0.0959. The minimum atomic E-state index is -0.0959. The first kappa shape index (κ1) is 16.0. The summed E-state index contributed by atoms with van der Waals surface area (Å²) >= 11 is 0. The number of rotatable bonds is 4. The second-order valence-electron chi connectivity index (χ2n) is 6.22. The molecule has 1 amide bonds. The van der Waals surface area contributed by atoms with Crippen LogP contribution in [0.4, 0.5) is 5.82 Å². The van der Waals surface area contributed by atoms with E-state index in [4.69, 9.17) is 0 Å². The number of amides is 1. The molecule has 0 saturated carbocycles. The van der Waals surface area contributed by atoms with Crippen molar-refractivity contribution < 1.29 is 4.79 Å². The van der Waals surface area contributed by atoms with Gasteiger partial charge in [-0.3, -0.25) is 14.9 Å². The number of hydrogen-bond donors (Lipinski definition) is 2. The van der Waals surface area contributed by atoms with E-state index < -0.39 is 0 Å². The number of aryl methyl sites for hydroxylation is 1. The van der Waals surface area contributed by atoms with Gasteiger partial charge in [0.25, 0.3) is 0 Å². The predicted octanol–water partition coefficient (Wildman–Crippen LogP) is 4.11. The maximum Gasteiger partial charge on any atom is 0.230 e. The molecule has 0 saturated heterocycles. The van der Waals surface area contributed by atoms with Gasteiger partial charge in [-0.15, -0.1) is 0 Å². The standard InChI is InChI=1S/C21H18N4O/c1-14-9-10-17(13-22-14)19-12-20(25-24-19)23-21(26)11-16-7-4-6-15-5-2-3-8-18(15)16/h2-10,12-13H,11H2,1H3,(H2,23,24,25,26). The lowest BCUT2D eigenvalue weighted by atomic mass is 10.0. The van der Waals surface area contributed by atoms with Gasteiger partial charge in [0.15, 0.2) is 5.82 Å². The Morgan fingerprint density at radius 2 is 1.92 bits per heavy atom. The number of H-pyrrole nitrogens is 1. The first-order valence-corrected chi connectivity index (χ1v) is 8.44. The van der Waals surface area contributed by atoms with Crippen molar-refractivity contribution >= 4 is 22.5 Å². The van der Waals surface area contributed by atoms with Gasteiger partial charge in [-0.2, -0.15) is 5.10 Å². The highest BCUT2D eigenvalue weighted by molar-refractivity contribution is 5.95. The van der Waals surface area contributed by atoms with Crippen molar-refractivity contribution in [1.29, 1.82) is 0 Å². The van der Waals surface area contributed by atoms with Crippen LogP contribution >= 0.6 is 0 Å². The van der Waals surface area contributed by atoms with Gasteiger partial charge in [0.2, 0.25) is 5.91 Å². The number of carbonyl (C=O) groups is 1. The Morgan fingerprint density at radius 1 is 1.08 bits per heavy atom. The molecule has 2 N–H and O–H groups in total. The predicted molar refractivity (Wildman–Crippen MR) is 103 cm³/mol. The summed E-state index contributed by atoms with van der Waals surface area (Å²) in [4.78, 5) is 16.7. The zero-order chi connectivity index (χ0) is 17.9. The van der Waals surface area contributed by atoms with Gasteiger partial charge in [0, 0.05) is 23.5 Å². The van der Waals surface area contributed by atoms with Crippen LogP contribution in [0.1, 0.15) is 11.3 Å². The lowest BCUT2D eigenvalue weighted by Crippen LogP contribution is -2.14. The summed E-state index contributed by atoms with van der Waals surface area (Å²) < 4.78 is 0. The molecule has 128 valence electrons. The van der Waals surface area contributed by atoms with E-state index >= 15 is 0 Å². The zero-order valence-corrected chi connectivity index (χ0v) is 14.4. The Bertz CT molecular complexity index is 1060. The fraction of sp³-hybridized carbons (Fsp3) is 0.0952. The normalized spacial score (nSPS) is 10.8. The molecule has 0 aliphatic heterocycles. The zero-order valence-electron chi connectivity index (χ0n) is 14.4. The van der Waals surface area contributed by atoms with Crippen LogP contribution < -0.4 is 5.32 Å². The first-order valence-electron chi connectivity index (χ1n) is 8.44. The highest BCUT2D eigenvalue weighted by atomic mass is 16.1. The number of fused-ring (bicyclic) bond motifs is 1. The van der Waals surface area contributed by atoms with Crippen molar-refractivity contribution in [1.82, 2.24) is 15.2 Å². The van der Waals surface area contributed by atoms with Gasteiger partial charge in [-0.1, -0.05) is 42.5 Å². The van der Waals surface area contributed by atoms with Crippen molar-refractivity contribution in [3.05, 3.63) is 78.1 Å². The van der Waals surface area contributed by atoms with Gasteiger partial charge < -0.3 is 5.32 Å². The summed E-state index contributed by atoms with van der Waals surface area (Å²) in [6.07, 6.45) is 2.08. The molecule has 2 aromatic heterocycles. The van der Waals surface area contributed by atoms with Crippen molar-refractivity contribution in [3.8, 4) is 11.3 Å². The largest absolute Gasteiger partial charge is 0.309 e. The Morgan fingerprint density at radius 3 is 2.77 bits per heavy atom. The molecule has 0 aliphatic rings. The van der Waals surface area contributed by atoms with Crippen LogP contribution in [0.15, 0.2) is 66.9 Å². The number of nitrogens with one attached hydrogen (secondary N) is 2. The second kappa shape index (κ2) is 6.80. The van der Waals surface area contributed by atoms with E-state index in [0.29, 0.717) is 12.2 Å². The first-order chi connectivity index (χ1) is 12.7. The van der Waals surface area contributed by atoms with Crippen LogP contribution in [-0.2, 0) is 11.2 Å². The molecular weight excluding hydrogens is 324 g/mol. The molecule has 0 fully saturated rings. The quantitative estimate of drug-likeness (QED) is 0.586. The van der Waals surface area contributed by atoms with E-state index in [1.54, 1.807) is 6.20 Å². The summed E-state index contributed by atoms with van der Waals surface area (Å²) in [6.45, 7) is 1.94. The monoisotopic (exact) mass is 342 g/mol. The number of hydrogen-bond acceptors (Lipinski definition) is 3. The molecule has 4 rings (SSSR count). The van der Waals surface area contributed by atoms with E-state index in [1.807, 2.05) is 67.6 Å². The number of anilines is 1. The molecule has 2 aromatic carbocycles. The van der Waals surface area contributed by atoms with E-state index in [-0.39, 0.29) is 5.91 Å². The highest BCUT2D eigenvalue weighted by Gasteiger charge is 2.10. The van der Waals surface area contributed by atoms with E-state index in [1.165, 1.54) is 0 Å². The average Bonchev–Trinajstić information content (AvgIpc) is 3.11. The summed E-state index contributed by atoms with van der Waals surface area (Å²) in [6, 6.07) is 19.8. The van der Waals surface area contributed by atoms with E-state index in [0.717, 1.165) is 33.3 Å². The van der Waals surface area contributed by atoms with E-state index in [9.17, 15) is 4.79 Å². The topological polar surface area (TPSA) is 70.7 Å². The molecule has 5 heteroatoms. The molecule has 4 aromatic rings. The summed E-state index contributed by atoms with van der Waals surface area (Å²) in [5.74, 6) is 0.409. The second-order valence-corrected chi connectivity index (χ2v) is 6.22. The van der Waals surface area contributed by atoms with Crippen molar-refractivity contribution in [2.24, 2.45) is 0 Å². The SMILES string of the molecule is Cc1ccc(-c2cc(NC(=O)Cc3cccc4ccccc34)n[nH]2)cn1. The maximum absolute atomic E-state index is 12.4. The number of pyridine rings is 1. The van der Waals surface area contributed by atoms with Crippen molar-refractivity contribution in [2.45, 2.75) is 13.3 Å².